The summed E-state index contributed by atoms with van der Waals surface area (Å²) in [6.07, 6.45) is 0.896. The van der Waals surface area contributed by atoms with Gasteiger partial charge in [0.1, 0.15) is 0 Å². The maximum absolute atomic E-state index is 12.7. The van der Waals surface area contributed by atoms with Gasteiger partial charge in [0.15, 0.2) is 0 Å². The molecule has 2 rings (SSSR count). The second kappa shape index (κ2) is 6.79. The molecular formula is C17H21N3O. The van der Waals surface area contributed by atoms with Crippen molar-refractivity contribution in [3.05, 3.63) is 59.7 Å². The summed E-state index contributed by atoms with van der Waals surface area (Å²) in [7, 11) is 0. The van der Waals surface area contributed by atoms with E-state index in [-0.39, 0.29) is 5.91 Å². The van der Waals surface area contributed by atoms with Gasteiger partial charge < -0.3 is 16.4 Å². The zero-order valence-electron chi connectivity index (χ0n) is 12.3. The molecule has 0 radical (unpaired) electrons. The number of hydrogen-bond donors (Lipinski definition) is 2. The molecule has 1 amide bonds. The van der Waals surface area contributed by atoms with E-state index >= 15 is 0 Å². The minimum absolute atomic E-state index is 0.0572. The molecule has 2 aromatic rings. The van der Waals surface area contributed by atoms with Crippen LogP contribution in [-0.4, -0.2) is 17.4 Å². The molecule has 0 saturated heterocycles. The van der Waals surface area contributed by atoms with E-state index in [0.29, 0.717) is 30.0 Å². The van der Waals surface area contributed by atoms with E-state index in [2.05, 4.69) is 6.92 Å². The summed E-state index contributed by atoms with van der Waals surface area (Å²) in [6.45, 7) is 3.33. The fourth-order valence-corrected chi connectivity index (χ4v) is 2.27. The highest BCUT2D eigenvalue weighted by molar-refractivity contribution is 5.99. The van der Waals surface area contributed by atoms with Gasteiger partial charge in [-0.15, -0.1) is 0 Å². The van der Waals surface area contributed by atoms with Crippen LogP contribution < -0.4 is 11.5 Å². The summed E-state index contributed by atoms with van der Waals surface area (Å²) >= 11 is 0. The monoisotopic (exact) mass is 283 g/mol. The Bertz CT molecular complexity index is 611. The van der Waals surface area contributed by atoms with Gasteiger partial charge in [0.2, 0.25) is 0 Å². The average molecular weight is 283 g/mol. The summed E-state index contributed by atoms with van der Waals surface area (Å²) in [4.78, 5) is 14.5. The number of benzene rings is 2. The van der Waals surface area contributed by atoms with Crippen molar-refractivity contribution in [2.75, 3.05) is 18.0 Å². The predicted molar refractivity (Wildman–Crippen MR) is 86.7 cm³/mol. The number of hydrogen-bond acceptors (Lipinski definition) is 3. The molecular weight excluding hydrogens is 262 g/mol. The van der Waals surface area contributed by atoms with Gasteiger partial charge in [0.25, 0.3) is 5.91 Å². The number of rotatable bonds is 5. The van der Waals surface area contributed by atoms with Gasteiger partial charge in [-0.05, 0) is 30.2 Å². The maximum atomic E-state index is 12.7. The molecule has 0 fully saturated rings. The van der Waals surface area contributed by atoms with Crippen molar-refractivity contribution < 1.29 is 4.79 Å². The van der Waals surface area contributed by atoms with Crippen LogP contribution in [-0.2, 0) is 6.54 Å². The number of carbonyl (C=O) groups is 1. The predicted octanol–water partition coefficient (Wildman–Crippen LogP) is 2.90. The minimum atomic E-state index is -0.0572. The molecule has 0 unspecified atom stereocenters. The Hall–Kier alpha value is -2.49. The van der Waals surface area contributed by atoms with Crippen molar-refractivity contribution in [3.63, 3.8) is 0 Å². The second-order valence-corrected chi connectivity index (χ2v) is 5.06. The van der Waals surface area contributed by atoms with Crippen molar-refractivity contribution in [2.45, 2.75) is 19.9 Å². The molecule has 21 heavy (non-hydrogen) atoms. The van der Waals surface area contributed by atoms with Crippen LogP contribution in [0.5, 0.6) is 0 Å². The number of anilines is 2. The van der Waals surface area contributed by atoms with Crippen molar-refractivity contribution in [1.82, 2.24) is 4.90 Å². The van der Waals surface area contributed by atoms with Crippen LogP contribution in [0.2, 0.25) is 0 Å². The Morgan fingerprint density at radius 2 is 1.81 bits per heavy atom. The molecule has 0 aliphatic carbocycles. The van der Waals surface area contributed by atoms with Crippen LogP contribution in [0.3, 0.4) is 0 Å². The van der Waals surface area contributed by atoms with Gasteiger partial charge in [-0.25, -0.2) is 0 Å². The van der Waals surface area contributed by atoms with Crippen molar-refractivity contribution in [1.29, 1.82) is 0 Å². The minimum Gasteiger partial charge on any atom is -0.399 e. The number of nitrogen functional groups attached to an aromatic ring is 2. The smallest absolute Gasteiger partial charge is 0.256 e. The van der Waals surface area contributed by atoms with E-state index in [4.69, 9.17) is 11.5 Å². The Labute approximate surface area is 125 Å². The lowest BCUT2D eigenvalue weighted by Crippen LogP contribution is -2.31. The normalized spacial score (nSPS) is 10.3. The van der Waals surface area contributed by atoms with Crippen molar-refractivity contribution >= 4 is 17.3 Å². The van der Waals surface area contributed by atoms with E-state index in [1.807, 2.05) is 35.2 Å². The molecule has 4 heteroatoms. The first-order valence-electron chi connectivity index (χ1n) is 7.10. The highest BCUT2D eigenvalue weighted by atomic mass is 16.2. The Kier molecular flexibility index (Phi) is 4.82. The van der Waals surface area contributed by atoms with Crippen LogP contribution in [0.15, 0.2) is 48.5 Å². The molecule has 0 aliphatic heterocycles. The van der Waals surface area contributed by atoms with Crippen molar-refractivity contribution in [2.24, 2.45) is 0 Å². The molecule has 2 aromatic carbocycles. The van der Waals surface area contributed by atoms with E-state index in [9.17, 15) is 4.79 Å². The third kappa shape index (κ3) is 3.75. The number of carbonyl (C=O) groups excluding carboxylic acids is 1. The molecule has 0 bridgehead atoms. The van der Waals surface area contributed by atoms with Gasteiger partial charge in [0, 0.05) is 24.5 Å². The number of nitrogens with zero attached hydrogens (tertiary/aromatic N) is 1. The SMILES string of the molecule is CCCN(Cc1ccccc1)C(=O)c1ccc(N)cc1N. The first-order valence-corrected chi connectivity index (χ1v) is 7.10. The molecule has 0 spiro atoms. The maximum Gasteiger partial charge on any atom is 0.256 e. The Morgan fingerprint density at radius 3 is 2.43 bits per heavy atom. The Morgan fingerprint density at radius 1 is 1.10 bits per heavy atom. The van der Waals surface area contributed by atoms with Crippen LogP contribution >= 0.6 is 0 Å². The van der Waals surface area contributed by atoms with E-state index in [1.165, 1.54) is 0 Å². The van der Waals surface area contributed by atoms with E-state index in [0.717, 1.165) is 12.0 Å². The Balaban J connectivity index is 2.23. The fourth-order valence-electron chi connectivity index (χ4n) is 2.27. The van der Waals surface area contributed by atoms with E-state index < -0.39 is 0 Å². The second-order valence-electron chi connectivity index (χ2n) is 5.06. The summed E-state index contributed by atoms with van der Waals surface area (Å²) in [6, 6.07) is 15.0. The van der Waals surface area contributed by atoms with Gasteiger partial charge in [0.05, 0.1) is 5.56 Å². The molecule has 4 N–H and O–H groups in total. The quantitative estimate of drug-likeness (QED) is 0.829. The molecule has 4 nitrogen and oxygen atoms in total. The molecule has 0 saturated carbocycles. The first-order chi connectivity index (χ1) is 10.1. The third-order valence-corrected chi connectivity index (χ3v) is 3.30. The molecule has 0 aliphatic rings. The summed E-state index contributed by atoms with van der Waals surface area (Å²) < 4.78 is 0. The van der Waals surface area contributed by atoms with Crippen LogP contribution in [0.4, 0.5) is 11.4 Å². The molecule has 110 valence electrons. The lowest BCUT2D eigenvalue weighted by molar-refractivity contribution is 0.0744. The van der Waals surface area contributed by atoms with E-state index in [1.54, 1.807) is 18.2 Å². The molecule has 0 atom stereocenters. The molecule has 0 aromatic heterocycles. The van der Waals surface area contributed by atoms with Gasteiger partial charge in [-0.1, -0.05) is 37.3 Å². The highest BCUT2D eigenvalue weighted by Gasteiger charge is 2.17. The topological polar surface area (TPSA) is 72.3 Å². The average Bonchev–Trinajstić information content (AvgIpc) is 2.47. The van der Waals surface area contributed by atoms with Crippen LogP contribution in [0.1, 0.15) is 29.3 Å². The summed E-state index contributed by atoms with van der Waals surface area (Å²) in [5.41, 5.74) is 14.2. The lowest BCUT2D eigenvalue weighted by atomic mass is 10.1. The van der Waals surface area contributed by atoms with Crippen LogP contribution in [0, 0.1) is 0 Å². The van der Waals surface area contributed by atoms with Gasteiger partial charge in [-0.3, -0.25) is 4.79 Å². The zero-order chi connectivity index (χ0) is 15.2. The molecule has 0 heterocycles. The standard InChI is InChI=1S/C17H21N3O/c1-2-10-20(12-13-6-4-3-5-7-13)17(21)15-9-8-14(18)11-16(15)19/h3-9,11H,2,10,12,18-19H2,1H3. The lowest BCUT2D eigenvalue weighted by Gasteiger charge is -2.23. The summed E-state index contributed by atoms with van der Waals surface area (Å²) in [5.74, 6) is -0.0572. The summed E-state index contributed by atoms with van der Waals surface area (Å²) in [5, 5.41) is 0. The first kappa shape index (κ1) is 14.9. The highest BCUT2D eigenvalue weighted by Crippen LogP contribution is 2.19. The largest absolute Gasteiger partial charge is 0.399 e. The number of nitrogens with two attached hydrogens (primary N) is 2. The third-order valence-electron chi connectivity index (χ3n) is 3.30. The van der Waals surface area contributed by atoms with Gasteiger partial charge >= 0.3 is 0 Å². The van der Waals surface area contributed by atoms with Crippen molar-refractivity contribution in [3.8, 4) is 0 Å². The zero-order valence-corrected chi connectivity index (χ0v) is 12.3. The van der Waals surface area contributed by atoms with Gasteiger partial charge in [-0.2, -0.15) is 0 Å². The van der Waals surface area contributed by atoms with Crippen LogP contribution in [0.25, 0.3) is 0 Å². The number of amides is 1. The fraction of sp³-hybridized carbons (Fsp3) is 0.235.